The number of amides is 1. The van der Waals surface area contributed by atoms with Gasteiger partial charge in [-0.25, -0.2) is 0 Å². The van der Waals surface area contributed by atoms with Crippen LogP contribution in [0.1, 0.15) is 89.8 Å². The first-order valence-corrected chi connectivity index (χ1v) is 10.6. The van der Waals surface area contributed by atoms with Crippen LogP contribution in [0.2, 0.25) is 0 Å². The number of piperidine rings is 1. The molecule has 1 saturated heterocycles. The van der Waals surface area contributed by atoms with Gasteiger partial charge >= 0.3 is 0 Å². The van der Waals surface area contributed by atoms with Crippen LogP contribution >= 0.6 is 0 Å². The first kappa shape index (κ1) is 20.4. The van der Waals surface area contributed by atoms with Crippen LogP contribution in [0.15, 0.2) is 6.07 Å². The van der Waals surface area contributed by atoms with E-state index in [4.69, 9.17) is 5.10 Å². The van der Waals surface area contributed by atoms with Gasteiger partial charge < -0.3 is 5.32 Å². The lowest BCUT2D eigenvalue weighted by molar-refractivity contribution is 0.0443. The van der Waals surface area contributed by atoms with E-state index >= 15 is 0 Å². The Bertz CT molecular complexity index is 671. The summed E-state index contributed by atoms with van der Waals surface area (Å²) < 4.78 is 1.91. The number of carbonyl (C=O) groups excluding carboxylic acids is 1. The lowest BCUT2D eigenvalue weighted by Gasteiger charge is -2.45. The molecule has 2 atom stereocenters. The Morgan fingerprint density at radius 1 is 1.15 bits per heavy atom. The van der Waals surface area contributed by atoms with Crippen molar-refractivity contribution in [1.29, 1.82) is 0 Å². The Morgan fingerprint density at radius 2 is 1.74 bits per heavy atom. The summed E-state index contributed by atoms with van der Waals surface area (Å²) in [6, 6.07) is 2.01. The van der Waals surface area contributed by atoms with Crippen molar-refractivity contribution in [2.75, 3.05) is 19.6 Å². The molecular formula is C22H38N4O. The molecule has 2 unspecified atom stereocenters. The predicted molar refractivity (Wildman–Crippen MR) is 110 cm³/mol. The van der Waals surface area contributed by atoms with Gasteiger partial charge in [0, 0.05) is 31.1 Å². The van der Waals surface area contributed by atoms with E-state index in [1.807, 2.05) is 10.7 Å². The molecule has 0 spiro atoms. The van der Waals surface area contributed by atoms with Crippen molar-refractivity contribution in [2.24, 2.45) is 11.8 Å². The molecule has 2 aliphatic rings. The van der Waals surface area contributed by atoms with Crippen LogP contribution in [0.3, 0.4) is 0 Å². The smallest absolute Gasteiger partial charge is 0.269 e. The van der Waals surface area contributed by atoms with E-state index in [0.717, 1.165) is 18.8 Å². The molecule has 1 aromatic heterocycles. The lowest BCUT2D eigenvalue weighted by atomic mass is 9.88. The summed E-state index contributed by atoms with van der Waals surface area (Å²) in [6.07, 6.45) is 3.69. The number of nitrogens with zero attached hydrogens (tertiary/aromatic N) is 3. The van der Waals surface area contributed by atoms with Gasteiger partial charge in [0.15, 0.2) is 0 Å². The van der Waals surface area contributed by atoms with E-state index in [0.29, 0.717) is 30.0 Å². The first-order valence-electron chi connectivity index (χ1n) is 10.6. The molecule has 0 aromatic carbocycles. The van der Waals surface area contributed by atoms with E-state index in [1.165, 1.54) is 19.3 Å². The van der Waals surface area contributed by atoms with Crippen molar-refractivity contribution in [3.8, 4) is 0 Å². The molecule has 5 heteroatoms. The van der Waals surface area contributed by atoms with Crippen LogP contribution in [0.5, 0.6) is 0 Å². The third-order valence-corrected chi connectivity index (χ3v) is 6.00. The molecule has 1 amide bonds. The monoisotopic (exact) mass is 374 g/mol. The van der Waals surface area contributed by atoms with Gasteiger partial charge in [0.1, 0.15) is 5.69 Å². The fourth-order valence-corrected chi connectivity index (χ4v) is 4.31. The van der Waals surface area contributed by atoms with Crippen molar-refractivity contribution < 1.29 is 4.79 Å². The largest absolute Gasteiger partial charge is 0.349 e. The Kier molecular flexibility index (Phi) is 5.46. The highest BCUT2D eigenvalue weighted by Gasteiger charge is 2.34. The van der Waals surface area contributed by atoms with Gasteiger partial charge in [-0.3, -0.25) is 14.4 Å². The molecule has 0 radical (unpaired) electrons. The Hall–Kier alpha value is -1.36. The fourth-order valence-electron chi connectivity index (χ4n) is 4.31. The zero-order valence-electron chi connectivity index (χ0n) is 18.3. The molecule has 1 aliphatic heterocycles. The van der Waals surface area contributed by atoms with E-state index in [9.17, 15) is 4.79 Å². The van der Waals surface area contributed by atoms with Crippen LogP contribution in [-0.4, -0.2) is 45.8 Å². The summed E-state index contributed by atoms with van der Waals surface area (Å²) in [7, 11) is 0. The number of carbonyl (C=O) groups is 1. The SMILES string of the molecule is CC1CC(C)CN(C(C)(C)CNC(=O)c2cc(C3CC3)nn2C(C)(C)C)C1. The Labute approximate surface area is 164 Å². The molecule has 3 rings (SSSR count). The zero-order chi connectivity index (χ0) is 20.0. The minimum atomic E-state index is -0.201. The standard InChI is InChI=1S/C22H38N4O/c1-15-10-16(2)13-25(12-15)22(6,7)14-23-20(27)19-11-18(17-8-9-17)24-26(19)21(3,4)5/h11,15-17H,8-10,12-14H2,1-7H3,(H,23,27). The third-order valence-electron chi connectivity index (χ3n) is 6.00. The van der Waals surface area contributed by atoms with Crippen LogP contribution in [0.25, 0.3) is 0 Å². The summed E-state index contributed by atoms with van der Waals surface area (Å²) in [5, 5.41) is 7.97. The van der Waals surface area contributed by atoms with Crippen molar-refractivity contribution in [1.82, 2.24) is 20.0 Å². The second-order valence-electron chi connectivity index (χ2n) is 10.7. The Morgan fingerprint density at radius 3 is 2.26 bits per heavy atom. The third kappa shape index (κ3) is 4.74. The van der Waals surface area contributed by atoms with Crippen molar-refractivity contribution in [2.45, 2.75) is 84.7 Å². The lowest BCUT2D eigenvalue weighted by Crippen LogP contribution is -2.56. The van der Waals surface area contributed by atoms with E-state index < -0.39 is 0 Å². The number of hydrogen-bond acceptors (Lipinski definition) is 3. The summed E-state index contributed by atoms with van der Waals surface area (Å²) in [4.78, 5) is 15.6. The highest BCUT2D eigenvalue weighted by atomic mass is 16.2. The maximum atomic E-state index is 13.0. The summed E-state index contributed by atoms with van der Waals surface area (Å²) in [6.45, 7) is 18.3. The molecule has 1 N–H and O–H groups in total. The molecule has 2 fully saturated rings. The van der Waals surface area contributed by atoms with Crippen LogP contribution in [-0.2, 0) is 5.54 Å². The number of aromatic nitrogens is 2. The first-order chi connectivity index (χ1) is 12.5. The quantitative estimate of drug-likeness (QED) is 0.847. The highest BCUT2D eigenvalue weighted by Crippen LogP contribution is 2.40. The van der Waals surface area contributed by atoms with Crippen LogP contribution < -0.4 is 5.32 Å². The fraction of sp³-hybridized carbons (Fsp3) is 0.818. The van der Waals surface area contributed by atoms with Gasteiger partial charge in [0.05, 0.1) is 11.2 Å². The second-order valence-corrected chi connectivity index (χ2v) is 10.7. The van der Waals surface area contributed by atoms with Gasteiger partial charge in [-0.15, -0.1) is 0 Å². The number of nitrogens with one attached hydrogen (secondary N) is 1. The number of rotatable bonds is 5. The molecular weight excluding hydrogens is 336 g/mol. The maximum absolute atomic E-state index is 13.0. The molecule has 27 heavy (non-hydrogen) atoms. The highest BCUT2D eigenvalue weighted by molar-refractivity contribution is 5.92. The van der Waals surface area contributed by atoms with Gasteiger partial charge in [0.2, 0.25) is 0 Å². The van der Waals surface area contributed by atoms with Crippen molar-refractivity contribution >= 4 is 5.91 Å². The van der Waals surface area contributed by atoms with Gasteiger partial charge in [-0.1, -0.05) is 13.8 Å². The molecule has 1 saturated carbocycles. The summed E-state index contributed by atoms with van der Waals surface area (Å²) >= 11 is 0. The predicted octanol–water partition coefficient (Wildman–Crippen LogP) is 4.00. The van der Waals surface area contributed by atoms with E-state index in [1.54, 1.807) is 0 Å². The molecule has 5 nitrogen and oxygen atoms in total. The number of likely N-dealkylation sites (tertiary alicyclic amines) is 1. The van der Waals surface area contributed by atoms with Gasteiger partial charge in [-0.05, 0) is 71.8 Å². The number of hydrogen-bond donors (Lipinski definition) is 1. The van der Waals surface area contributed by atoms with Gasteiger partial charge in [0.25, 0.3) is 5.91 Å². The molecule has 0 bridgehead atoms. The normalized spacial score (nSPS) is 24.9. The van der Waals surface area contributed by atoms with Crippen LogP contribution in [0, 0.1) is 11.8 Å². The molecule has 1 aliphatic carbocycles. The van der Waals surface area contributed by atoms with Gasteiger partial charge in [-0.2, -0.15) is 5.10 Å². The topological polar surface area (TPSA) is 50.2 Å². The zero-order valence-corrected chi connectivity index (χ0v) is 18.3. The Balaban J connectivity index is 1.70. The summed E-state index contributed by atoms with van der Waals surface area (Å²) in [5.41, 5.74) is 1.52. The van der Waals surface area contributed by atoms with Crippen molar-refractivity contribution in [3.05, 3.63) is 17.5 Å². The average molecular weight is 375 g/mol. The maximum Gasteiger partial charge on any atom is 0.269 e. The minimum Gasteiger partial charge on any atom is -0.349 e. The van der Waals surface area contributed by atoms with Crippen LogP contribution in [0.4, 0.5) is 0 Å². The molecule has 1 aromatic rings. The second kappa shape index (κ2) is 7.23. The molecule has 152 valence electrons. The molecule has 2 heterocycles. The van der Waals surface area contributed by atoms with E-state index in [-0.39, 0.29) is 17.0 Å². The minimum absolute atomic E-state index is 0.00416. The van der Waals surface area contributed by atoms with E-state index in [2.05, 4.69) is 58.7 Å². The average Bonchev–Trinajstić information content (AvgIpc) is 3.29. The summed E-state index contributed by atoms with van der Waals surface area (Å²) in [5.74, 6) is 1.97. The van der Waals surface area contributed by atoms with Crippen molar-refractivity contribution in [3.63, 3.8) is 0 Å².